The van der Waals surface area contributed by atoms with Crippen LogP contribution in [0.1, 0.15) is 6.92 Å². The summed E-state index contributed by atoms with van der Waals surface area (Å²) < 4.78 is 25.4. The standard InChI is InChI=1S/C16H16Cl2N2O3S/c1-11(16(21)19-15-9-4-3-8-14(15)18)20(24(2,22)23)13-7-5-6-12(17)10-13/h3-11H,1-2H3,(H,19,21)/t11-/m1/s1. The molecule has 1 atom stereocenters. The van der Waals surface area contributed by atoms with Gasteiger partial charge < -0.3 is 5.32 Å². The van der Waals surface area contributed by atoms with Crippen LogP contribution in [0.3, 0.4) is 0 Å². The van der Waals surface area contributed by atoms with E-state index < -0.39 is 22.0 Å². The Morgan fingerprint density at radius 2 is 1.79 bits per heavy atom. The number of nitrogens with zero attached hydrogens (tertiary/aromatic N) is 1. The molecule has 0 fully saturated rings. The molecule has 0 aromatic heterocycles. The van der Waals surface area contributed by atoms with E-state index in [1.54, 1.807) is 42.5 Å². The van der Waals surface area contributed by atoms with Crippen molar-refractivity contribution in [2.24, 2.45) is 0 Å². The highest BCUT2D eigenvalue weighted by atomic mass is 35.5. The second kappa shape index (κ2) is 7.42. The molecule has 2 aromatic carbocycles. The smallest absolute Gasteiger partial charge is 0.248 e. The number of para-hydroxylation sites is 1. The largest absolute Gasteiger partial charge is 0.323 e. The Kier molecular flexibility index (Phi) is 5.74. The van der Waals surface area contributed by atoms with Crippen molar-refractivity contribution in [2.45, 2.75) is 13.0 Å². The molecule has 0 saturated carbocycles. The molecule has 0 unspecified atom stereocenters. The summed E-state index contributed by atoms with van der Waals surface area (Å²) in [5, 5.41) is 3.38. The van der Waals surface area contributed by atoms with Crippen molar-refractivity contribution in [1.82, 2.24) is 0 Å². The van der Waals surface area contributed by atoms with Crippen molar-refractivity contribution in [3.05, 3.63) is 58.6 Å². The third kappa shape index (κ3) is 4.41. The zero-order valence-corrected chi connectivity index (χ0v) is 15.4. The lowest BCUT2D eigenvalue weighted by molar-refractivity contribution is -0.116. The van der Waals surface area contributed by atoms with Gasteiger partial charge >= 0.3 is 0 Å². The number of benzene rings is 2. The Morgan fingerprint density at radius 1 is 1.12 bits per heavy atom. The first-order chi connectivity index (χ1) is 11.2. The predicted octanol–water partition coefficient (Wildman–Crippen LogP) is 3.79. The van der Waals surface area contributed by atoms with Gasteiger partial charge in [-0.1, -0.05) is 41.4 Å². The van der Waals surface area contributed by atoms with Crippen LogP contribution >= 0.6 is 23.2 Å². The van der Waals surface area contributed by atoms with Crippen molar-refractivity contribution >= 4 is 50.5 Å². The number of sulfonamides is 1. The lowest BCUT2D eigenvalue weighted by Gasteiger charge is -2.28. The molecule has 0 aliphatic heterocycles. The minimum Gasteiger partial charge on any atom is -0.323 e. The molecule has 0 aliphatic carbocycles. The monoisotopic (exact) mass is 386 g/mol. The summed E-state index contributed by atoms with van der Waals surface area (Å²) in [5.74, 6) is -0.506. The van der Waals surface area contributed by atoms with Gasteiger partial charge in [-0.05, 0) is 37.3 Å². The molecule has 128 valence electrons. The van der Waals surface area contributed by atoms with E-state index in [1.807, 2.05) is 0 Å². The minimum atomic E-state index is -3.70. The van der Waals surface area contributed by atoms with Gasteiger partial charge in [-0.2, -0.15) is 0 Å². The summed E-state index contributed by atoms with van der Waals surface area (Å²) in [4.78, 5) is 12.5. The van der Waals surface area contributed by atoms with Crippen LogP contribution in [-0.2, 0) is 14.8 Å². The molecule has 24 heavy (non-hydrogen) atoms. The maximum atomic E-state index is 12.5. The van der Waals surface area contributed by atoms with Crippen LogP contribution < -0.4 is 9.62 Å². The van der Waals surface area contributed by atoms with Crippen molar-refractivity contribution in [1.29, 1.82) is 0 Å². The van der Waals surface area contributed by atoms with Crippen molar-refractivity contribution in [3.63, 3.8) is 0 Å². The van der Waals surface area contributed by atoms with Crippen LogP contribution in [-0.4, -0.2) is 26.6 Å². The molecule has 2 aromatic rings. The molecule has 1 N–H and O–H groups in total. The van der Waals surface area contributed by atoms with Crippen molar-refractivity contribution in [2.75, 3.05) is 15.9 Å². The summed E-state index contributed by atoms with van der Waals surface area (Å²) in [6.45, 7) is 1.49. The Balaban J connectivity index is 2.33. The molecule has 0 radical (unpaired) electrons. The van der Waals surface area contributed by atoms with Gasteiger partial charge in [-0.3, -0.25) is 9.10 Å². The van der Waals surface area contributed by atoms with E-state index in [9.17, 15) is 13.2 Å². The molecule has 0 heterocycles. The average molecular weight is 387 g/mol. The minimum absolute atomic E-state index is 0.312. The third-order valence-electron chi connectivity index (χ3n) is 3.28. The van der Waals surface area contributed by atoms with Crippen molar-refractivity contribution < 1.29 is 13.2 Å². The number of carbonyl (C=O) groups excluding carboxylic acids is 1. The van der Waals surface area contributed by atoms with Crippen LogP contribution in [0.2, 0.25) is 10.0 Å². The topological polar surface area (TPSA) is 66.5 Å². The third-order valence-corrected chi connectivity index (χ3v) is 5.09. The number of hydrogen-bond acceptors (Lipinski definition) is 3. The van der Waals surface area contributed by atoms with Gasteiger partial charge in [0.15, 0.2) is 0 Å². The van der Waals surface area contributed by atoms with Crippen LogP contribution in [0.4, 0.5) is 11.4 Å². The average Bonchev–Trinajstić information content (AvgIpc) is 2.48. The molecule has 5 nitrogen and oxygen atoms in total. The summed E-state index contributed by atoms with van der Waals surface area (Å²) >= 11 is 12.0. The van der Waals surface area contributed by atoms with Crippen molar-refractivity contribution in [3.8, 4) is 0 Å². The molecular weight excluding hydrogens is 371 g/mol. The molecule has 0 bridgehead atoms. The first-order valence-electron chi connectivity index (χ1n) is 7.00. The number of halogens is 2. The van der Waals surface area contributed by atoms with Gasteiger partial charge in [-0.15, -0.1) is 0 Å². The molecule has 8 heteroatoms. The van der Waals surface area contributed by atoms with Gasteiger partial charge in [0, 0.05) is 5.02 Å². The molecule has 2 rings (SSSR count). The maximum Gasteiger partial charge on any atom is 0.248 e. The van der Waals surface area contributed by atoms with Crippen LogP contribution in [0, 0.1) is 0 Å². The summed E-state index contributed by atoms with van der Waals surface area (Å²) in [6.07, 6.45) is 1.03. The zero-order chi connectivity index (χ0) is 17.9. The lowest BCUT2D eigenvalue weighted by Crippen LogP contribution is -2.45. The van der Waals surface area contributed by atoms with E-state index >= 15 is 0 Å². The van der Waals surface area contributed by atoms with Gasteiger partial charge in [-0.25, -0.2) is 8.42 Å². The summed E-state index contributed by atoms with van der Waals surface area (Å²) in [5.41, 5.74) is 0.724. The van der Waals surface area contributed by atoms with Gasteiger partial charge in [0.05, 0.1) is 22.7 Å². The Hall–Kier alpha value is -1.76. The fourth-order valence-corrected chi connectivity index (χ4v) is 3.76. The highest BCUT2D eigenvalue weighted by Crippen LogP contribution is 2.26. The van der Waals surface area contributed by atoms with Gasteiger partial charge in [0.25, 0.3) is 0 Å². The van der Waals surface area contributed by atoms with E-state index in [2.05, 4.69) is 5.32 Å². The first kappa shape index (κ1) is 18.6. The first-order valence-corrected chi connectivity index (χ1v) is 9.61. The number of nitrogens with one attached hydrogen (secondary N) is 1. The molecular formula is C16H16Cl2N2O3S. The number of hydrogen-bond donors (Lipinski definition) is 1. The fraction of sp³-hybridized carbons (Fsp3) is 0.188. The van der Waals surface area contributed by atoms with E-state index in [0.29, 0.717) is 21.4 Å². The summed E-state index contributed by atoms with van der Waals surface area (Å²) in [7, 11) is -3.70. The van der Waals surface area contributed by atoms with Crippen LogP contribution in [0.25, 0.3) is 0 Å². The Labute approximate surface area is 151 Å². The quantitative estimate of drug-likeness (QED) is 0.849. The zero-order valence-electron chi connectivity index (χ0n) is 13.0. The van der Waals surface area contributed by atoms with Gasteiger partial charge in [0.2, 0.25) is 15.9 Å². The molecule has 0 aliphatic rings. The molecule has 0 spiro atoms. The lowest BCUT2D eigenvalue weighted by atomic mass is 10.2. The second-order valence-electron chi connectivity index (χ2n) is 5.18. The SMILES string of the molecule is C[C@H](C(=O)Nc1ccccc1Cl)N(c1cccc(Cl)c1)S(C)(=O)=O. The van der Waals surface area contributed by atoms with E-state index in [0.717, 1.165) is 10.6 Å². The second-order valence-corrected chi connectivity index (χ2v) is 7.89. The Bertz CT molecular complexity index is 856. The number of rotatable bonds is 5. The molecule has 0 saturated heterocycles. The van der Waals surface area contributed by atoms with E-state index in [4.69, 9.17) is 23.2 Å². The highest BCUT2D eigenvalue weighted by Gasteiger charge is 2.29. The Morgan fingerprint density at radius 3 is 2.38 bits per heavy atom. The normalized spacial score (nSPS) is 12.5. The van der Waals surface area contributed by atoms with Crippen LogP contribution in [0.5, 0.6) is 0 Å². The highest BCUT2D eigenvalue weighted by molar-refractivity contribution is 7.92. The van der Waals surface area contributed by atoms with Gasteiger partial charge in [0.1, 0.15) is 6.04 Å². The van der Waals surface area contributed by atoms with E-state index in [1.165, 1.54) is 13.0 Å². The maximum absolute atomic E-state index is 12.5. The van der Waals surface area contributed by atoms with E-state index in [-0.39, 0.29) is 0 Å². The predicted molar refractivity (Wildman–Crippen MR) is 98.3 cm³/mol. The summed E-state index contributed by atoms with van der Waals surface area (Å²) in [6, 6.07) is 12.0. The molecule has 1 amide bonds. The van der Waals surface area contributed by atoms with Crippen LogP contribution in [0.15, 0.2) is 48.5 Å². The number of anilines is 2. The fourth-order valence-electron chi connectivity index (χ4n) is 2.22. The number of amides is 1. The number of carbonyl (C=O) groups is 1.